The number of anilines is 1. The number of hydrogen-bond donors (Lipinski definition) is 2. The topological polar surface area (TPSA) is 90.1 Å². The van der Waals surface area contributed by atoms with Crippen LogP contribution in [0.2, 0.25) is 0 Å². The minimum absolute atomic E-state index is 0.0143. The molecule has 2 amide bonds. The molecule has 2 heterocycles. The fourth-order valence-electron chi connectivity index (χ4n) is 3.69. The molecule has 0 unspecified atom stereocenters. The Morgan fingerprint density at radius 3 is 2.48 bits per heavy atom. The van der Waals surface area contributed by atoms with Crippen LogP contribution in [0.5, 0.6) is 5.75 Å². The molecule has 1 aromatic carbocycles. The van der Waals surface area contributed by atoms with Gasteiger partial charge in [0.05, 0.1) is 12.2 Å². The molecule has 0 aromatic heterocycles. The summed E-state index contributed by atoms with van der Waals surface area (Å²) < 4.78 is 0. The van der Waals surface area contributed by atoms with Crippen LogP contribution >= 0.6 is 0 Å². The van der Waals surface area contributed by atoms with Crippen molar-refractivity contribution < 1.29 is 14.7 Å². The number of likely N-dealkylation sites (tertiary alicyclic amines) is 1. The quantitative estimate of drug-likeness (QED) is 0.823. The van der Waals surface area contributed by atoms with E-state index >= 15 is 0 Å². The van der Waals surface area contributed by atoms with Gasteiger partial charge in [-0.3, -0.25) is 14.5 Å². The molecule has 3 N–H and O–H groups in total. The van der Waals surface area contributed by atoms with Gasteiger partial charge >= 0.3 is 0 Å². The average Bonchev–Trinajstić information content (AvgIpc) is 2.63. The van der Waals surface area contributed by atoms with Crippen LogP contribution in [-0.4, -0.2) is 72.0 Å². The van der Waals surface area contributed by atoms with Crippen LogP contribution in [0.1, 0.15) is 19.3 Å². The summed E-state index contributed by atoms with van der Waals surface area (Å²) in [4.78, 5) is 30.1. The summed E-state index contributed by atoms with van der Waals surface area (Å²) in [6, 6.07) is 6.85. The molecule has 2 aliphatic heterocycles. The summed E-state index contributed by atoms with van der Waals surface area (Å²) in [5, 5.41) is 9.97. The van der Waals surface area contributed by atoms with E-state index in [2.05, 4.69) is 9.80 Å². The number of amides is 2. The first-order valence-corrected chi connectivity index (χ1v) is 8.90. The fourth-order valence-corrected chi connectivity index (χ4v) is 3.69. The van der Waals surface area contributed by atoms with Gasteiger partial charge in [-0.1, -0.05) is 12.1 Å². The number of phenols is 1. The van der Waals surface area contributed by atoms with E-state index in [1.165, 1.54) is 0 Å². The van der Waals surface area contributed by atoms with Crippen LogP contribution in [0.25, 0.3) is 0 Å². The molecular weight excluding hydrogens is 320 g/mol. The van der Waals surface area contributed by atoms with E-state index < -0.39 is 11.9 Å². The van der Waals surface area contributed by atoms with Crippen molar-refractivity contribution in [1.29, 1.82) is 0 Å². The lowest BCUT2D eigenvalue weighted by atomic mass is 10.0. The molecule has 25 heavy (non-hydrogen) atoms. The maximum atomic E-state index is 12.6. The molecule has 136 valence electrons. The normalized spacial score (nSPS) is 22.0. The summed E-state index contributed by atoms with van der Waals surface area (Å²) in [6.07, 6.45) is 2.54. The Labute approximate surface area is 148 Å². The highest BCUT2D eigenvalue weighted by molar-refractivity contribution is 5.87. The standard InChI is InChI=1S/C18H26N4O3/c19-18(25)15-6-3-4-8-22(15)17(24)13-20-9-11-21(12-10-20)14-5-1-2-7-16(14)23/h1-2,5,7,15,23H,3-4,6,8-13H2,(H2,19,25)/t15-/m1/s1. The van der Waals surface area contributed by atoms with E-state index in [4.69, 9.17) is 5.73 Å². The van der Waals surface area contributed by atoms with Gasteiger partial charge in [-0.05, 0) is 31.4 Å². The van der Waals surface area contributed by atoms with Crippen LogP contribution in [0.4, 0.5) is 5.69 Å². The minimum Gasteiger partial charge on any atom is -0.506 e. The van der Waals surface area contributed by atoms with Crippen molar-refractivity contribution in [3.8, 4) is 5.75 Å². The first kappa shape index (κ1) is 17.5. The number of primary amides is 1. The van der Waals surface area contributed by atoms with Gasteiger partial charge in [-0.2, -0.15) is 0 Å². The number of phenolic OH excluding ortho intramolecular Hbond substituents is 1. The second-order valence-electron chi connectivity index (χ2n) is 6.75. The van der Waals surface area contributed by atoms with Crippen LogP contribution in [0.15, 0.2) is 24.3 Å². The first-order chi connectivity index (χ1) is 12.1. The lowest BCUT2D eigenvalue weighted by molar-refractivity contribution is -0.142. The second kappa shape index (κ2) is 7.74. The van der Waals surface area contributed by atoms with Crippen molar-refractivity contribution in [2.45, 2.75) is 25.3 Å². The molecule has 0 aliphatic carbocycles. The number of nitrogens with zero attached hydrogens (tertiary/aromatic N) is 3. The molecule has 2 saturated heterocycles. The third-order valence-electron chi connectivity index (χ3n) is 5.11. The number of aromatic hydroxyl groups is 1. The third kappa shape index (κ3) is 4.04. The van der Waals surface area contributed by atoms with Gasteiger partial charge in [0.25, 0.3) is 0 Å². The molecule has 0 saturated carbocycles. The third-order valence-corrected chi connectivity index (χ3v) is 5.11. The number of carbonyl (C=O) groups is 2. The summed E-state index contributed by atoms with van der Waals surface area (Å²) in [5.41, 5.74) is 6.28. The molecule has 2 fully saturated rings. The molecule has 7 nitrogen and oxygen atoms in total. The molecular formula is C18H26N4O3. The molecule has 7 heteroatoms. The number of benzene rings is 1. The van der Waals surface area contributed by atoms with Gasteiger partial charge in [-0.15, -0.1) is 0 Å². The Balaban J connectivity index is 1.54. The maximum absolute atomic E-state index is 12.6. The fraction of sp³-hybridized carbons (Fsp3) is 0.556. The van der Waals surface area contributed by atoms with Crippen molar-refractivity contribution in [2.24, 2.45) is 5.73 Å². The Morgan fingerprint density at radius 1 is 1.08 bits per heavy atom. The van der Waals surface area contributed by atoms with E-state index in [0.29, 0.717) is 19.5 Å². The van der Waals surface area contributed by atoms with E-state index in [0.717, 1.165) is 44.7 Å². The van der Waals surface area contributed by atoms with Gasteiger partial charge < -0.3 is 20.6 Å². The number of hydrogen-bond acceptors (Lipinski definition) is 5. The van der Waals surface area contributed by atoms with Crippen LogP contribution in [-0.2, 0) is 9.59 Å². The highest BCUT2D eigenvalue weighted by Gasteiger charge is 2.31. The van der Waals surface area contributed by atoms with Gasteiger partial charge in [0.15, 0.2) is 0 Å². The molecule has 0 radical (unpaired) electrons. The van der Waals surface area contributed by atoms with Crippen LogP contribution in [0, 0.1) is 0 Å². The number of carbonyl (C=O) groups excluding carboxylic acids is 2. The lowest BCUT2D eigenvalue weighted by Crippen LogP contribution is -2.55. The van der Waals surface area contributed by atoms with Crippen LogP contribution in [0.3, 0.4) is 0 Å². The molecule has 3 rings (SSSR count). The smallest absolute Gasteiger partial charge is 0.240 e. The average molecular weight is 346 g/mol. The van der Waals surface area contributed by atoms with E-state index in [-0.39, 0.29) is 11.7 Å². The predicted molar refractivity (Wildman–Crippen MR) is 95.3 cm³/mol. The van der Waals surface area contributed by atoms with Gasteiger partial charge in [0, 0.05) is 32.7 Å². The van der Waals surface area contributed by atoms with Crippen molar-refractivity contribution >= 4 is 17.5 Å². The molecule has 1 aromatic rings. The number of piperidine rings is 1. The van der Waals surface area contributed by atoms with E-state index in [9.17, 15) is 14.7 Å². The second-order valence-corrected chi connectivity index (χ2v) is 6.75. The Bertz CT molecular complexity index is 629. The predicted octanol–water partition coefficient (Wildman–Crippen LogP) is 0.381. The lowest BCUT2D eigenvalue weighted by Gasteiger charge is -2.38. The van der Waals surface area contributed by atoms with Crippen molar-refractivity contribution in [3.63, 3.8) is 0 Å². The molecule has 0 bridgehead atoms. The Kier molecular flexibility index (Phi) is 5.43. The molecule has 1 atom stereocenters. The highest BCUT2D eigenvalue weighted by atomic mass is 16.3. The van der Waals surface area contributed by atoms with Crippen molar-refractivity contribution in [2.75, 3.05) is 44.2 Å². The zero-order valence-electron chi connectivity index (χ0n) is 14.4. The van der Waals surface area contributed by atoms with Gasteiger partial charge in [-0.25, -0.2) is 0 Å². The zero-order chi connectivity index (χ0) is 17.8. The largest absolute Gasteiger partial charge is 0.506 e. The highest BCUT2D eigenvalue weighted by Crippen LogP contribution is 2.27. The minimum atomic E-state index is -0.455. The summed E-state index contributed by atoms with van der Waals surface area (Å²) in [6.45, 7) is 3.93. The Hall–Kier alpha value is -2.28. The zero-order valence-corrected chi connectivity index (χ0v) is 14.4. The van der Waals surface area contributed by atoms with Crippen LogP contribution < -0.4 is 10.6 Å². The molecule has 2 aliphatic rings. The van der Waals surface area contributed by atoms with Gasteiger partial charge in [0.2, 0.25) is 11.8 Å². The number of piperazine rings is 1. The van der Waals surface area contributed by atoms with Crippen molar-refractivity contribution in [3.05, 3.63) is 24.3 Å². The summed E-state index contributed by atoms with van der Waals surface area (Å²) in [7, 11) is 0. The number of rotatable bonds is 4. The SMILES string of the molecule is NC(=O)[C@H]1CCCCN1C(=O)CN1CCN(c2ccccc2O)CC1. The monoisotopic (exact) mass is 346 g/mol. The summed E-state index contributed by atoms with van der Waals surface area (Å²) >= 11 is 0. The Morgan fingerprint density at radius 2 is 1.80 bits per heavy atom. The summed E-state index contributed by atoms with van der Waals surface area (Å²) in [5.74, 6) is -0.137. The van der Waals surface area contributed by atoms with E-state index in [1.54, 1.807) is 11.0 Å². The van der Waals surface area contributed by atoms with Gasteiger partial charge in [0.1, 0.15) is 11.8 Å². The first-order valence-electron chi connectivity index (χ1n) is 8.90. The van der Waals surface area contributed by atoms with Crippen molar-refractivity contribution in [1.82, 2.24) is 9.80 Å². The molecule has 0 spiro atoms. The number of para-hydroxylation sites is 2. The number of nitrogens with two attached hydrogens (primary N) is 1. The maximum Gasteiger partial charge on any atom is 0.240 e. The van der Waals surface area contributed by atoms with E-state index in [1.807, 2.05) is 18.2 Å².